The van der Waals surface area contributed by atoms with Gasteiger partial charge in [0.25, 0.3) is 5.91 Å². The first-order valence-electron chi connectivity index (χ1n) is 9.07. The van der Waals surface area contributed by atoms with E-state index in [0.717, 1.165) is 45.7 Å². The SMILES string of the molecule is CC(CNC(=O)[C@@H]1CCCN1C(=O)c1cccs1)CN1CCOCC1. The van der Waals surface area contributed by atoms with Crippen molar-refractivity contribution < 1.29 is 14.3 Å². The summed E-state index contributed by atoms with van der Waals surface area (Å²) in [5.74, 6) is 0.343. The van der Waals surface area contributed by atoms with E-state index in [4.69, 9.17) is 4.74 Å². The normalized spacial score (nSPS) is 22.8. The number of hydrogen-bond acceptors (Lipinski definition) is 5. The van der Waals surface area contributed by atoms with E-state index in [9.17, 15) is 9.59 Å². The largest absolute Gasteiger partial charge is 0.379 e. The van der Waals surface area contributed by atoms with Crippen molar-refractivity contribution in [3.63, 3.8) is 0 Å². The third-order valence-electron chi connectivity index (χ3n) is 4.85. The van der Waals surface area contributed by atoms with Crippen LogP contribution in [0.5, 0.6) is 0 Å². The zero-order chi connectivity index (χ0) is 17.6. The average molecular weight is 365 g/mol. The molecule has 1 aromatic heterocycles. The number of nitrogens with zero attached hydrogens (tertiary/aromatic N) is 2. The number of hydrogen-bond donors (Lipinski definition) is 1. The molecule has 25 heavy (non-hydrogen) atoms. The number of morpholine rings is 1. The second kappa shape index (κ2) is 8.78. The maximum atomic E-state index is 12.6. The Morgan fingerprint density at radius 2 is 2.16 bits per heavy atom. The minimum Gasteiger partial charge on any atom is -0.379 e. The minimum atomic E-state index is -0.329. The van der Waals surface area contributed by atoms with Crippen LogP contribution in [0.3, 0.4) is 0 Å². The molecule has 2 aliphatic heterocycles. The van der Waals surface area contributed by atoms with Gasteiger partial charge in [-0.2, -0.15) is 0 Å². The lowest BCUT2D eigenvalue weighted by atomic mass is 10.1. The number of amides is 2. The van der Waals surface area contributed by atoms with Gasteiger partial charge >= 0.3 is 0 Å². The van der Waals surface area contributed by atoms with Gasteiger partial charge in [0.1, 0.15) is 6.04 Å². The summed E-state index contributed by atoms with van der Waals surface area (Å²) in [6.07, 6.45) is 1.64. The Kier molecular flexibility index (Phi) is 6.45. The van der Waals surface area contributed by atoms with Gasteiger partial charge in [-0.1, -0.05) is 13.0 Å². The predicted octanol–water partition coefficient (Wildman–Crippen LogP) is 1.44. The van der Waals surface area contributed by atoms with Crippen molar-refractivity contribution >= 4 is 23.2 Å². The summed E-state index contributed by atoms with van der Waals surface area (Å²) < 4.78 is 5.36. The van der Waals surface area contributed by atoms with Crippen molar-refractivity contribution in [2.24, 2.45) is 5.92 Å². The fourth-order valence-electron chi connectivity index (χ4n) is 3.51. The van der Waals surface area contributed by atoms with Crippen molar-refractivity contribution in [2.75, 3.05) is 45.9 Å². The van der Waals surface area contributed by atoms with Crippen LogP contribution in [0.4, 0.5) is 0 Å². The highest BCUT2D eigenvalue weighted by molar-refractivity contribution is 7.12. The van der Waals surface area contributed by atoms with E-state index in [0.29, 0.717) is 23.9 Å². The lowest BCUT2D eigenvalue weighted by Gasteiger charge is -2.29. The summed E-state index contributed by atoms with van der Waals surface area (Å²) in [4.78, 5) is 30.0. The molecule has 6 nitrogen and oxygen atoms in total. The van der Waals surface area contributed by atoms with Crippen LogP contribution in [0.15, 0.2) is 17.5 Å². The van der Waals surface area contributed by atoms with Crippen molar-refractivity contribution in [1.29, 1.82) is 0 Å². The van der Waals surface area contributed by atoms with Crippen molar-refractivity contribution in [2.45, 2.75) is 25.8 Å². The van der Waals surface area contributed by atoms with E-state index in [1.54, 1.807) is 4.90 Å². The Morgan fingerprint density at radius 3 is 2.88 bits per heavy atom. The third kappa shape index (κ3) is 4.80. The summed E-state index contributed by atoms with van der Waals surface area (Å²) >= 11 is 1.43. The summed E-state index contributed by atoms with van der Waals surface area (Å²) in [5.41, 5.74) is 0. The van der Waals surface area contributed by atoms with E-state index in [1.807, 2.05) is 17.5 Å². The first kappa shape index (κ1) is 18.4. The Hall–Kier alpha value is -1.44. The Morgan fingerprint density at radius 1 is 1.36 bits per heavy atom. The van der Waals surface area contributed by atoms with Gasteiger partial charge in [0.15, 0.2) is 0 Å². The molecule has 2 saturated heterocycles. The second-order valence-electron chi connectivity index (χ2n) is 6.90. The molecular weight excluding hydrogens is 338 g/mol. The van der Waals surface area contributed by atoms with Crippen molar-refractivity contribution in [3.8, 4) is 0 Å². The van der Waals surface area contributed by atoms with Gasteiger partial charge in [-0.3, -0.25) is 14.5 Å². The molecule has 0 bridgehead atoms. The lowest BCUT2D eigenvalue weighted by Crippen LogP contribution is -2.47. The van der Waals surface area contributed by atoms with Gasteiger partial charge in [0.05, 0.1) is 18.1 Å². The van der Waals surface area contributed by atoms with E-state index in [2.05, 4.69) is 17.1 Å². The van der Waals surface area contributed by atoms with Crippen LogP contribution < -0.4 is 5.32 Å². The molecule has 7 heteroatoms. The van der Waals surface area contributed by atoms with Crippen LogP contribution in [-0.2, 0) is 9.53 Å². The van der Waals surface area contributed by atoms with Crippen LogP contribution in [0, 0.1) is 5.92 Å². The van der Waals surface area contributed by atoms with E-state index in [-0.39, 0.29) is 17.9 Å². The number of ether oxygens (including phenoxy) is 1. The number of thiophene rings is 1. The molecule has 3 heterocycles. The number of carbonyl (C=O) groups excluding carboxylic acids is 2. The molecule has 1 unspecified atom stereocenters. The van der Waals surface area contributed by atoms with Gasteiger partial charge < -0.3 is 15.0 Å². The van der Waals surface area contributed by atoms with Crippen LogP contribution in [0.2, 0.25) is 0 Å². The van der Waals surface area contributed by atoms with Gasteiger partial charge in [0, 0.05) is 32.7 Å². The van der Waals surface area contributed by atoms with Gasteiger partial charge in [-0.05, 0) is 30.2 Å². The molecule has 0 saturated carbocycles. The highest BCUT2D eigenvalue weighted by Crippen LogP contribution is 2.22. The van der Waals surface area contributed by atoms with E-state index >= 15 is 0 Å². The number of rotatable bonds is 6. The zero-order valence-corrected chi connectivity index (χ0v) is 15.6. The maximum Gasteiger partial charge on any atom is 0.264 e. The highest BCUT2D eigenvalue weighted by atomic mass is 32.1. The molecule has 0 radical (unpaired) electrons. The van der Waals surface area contributed by atoms with E-state index < -0.39 is 0 Å². The molecule has 1 aromatic rings. The molecule has 2 fully saturated rings. The minimum absolute atomic E-state index is 0.0174. The molecule has 3 rings (SSSR count). The third-order valence-corrected chi connectivity index (χ3v) is 5.70. The van der Waals surface area contributed by atoms with Gasteiger partial charge in [0.2, 0.25) is 5.91 Å². The fraction of sp³-hybridized carbons (Fsp3) is 0.667. The summed E-state index contributed by atoms with van der Waals surface area (Å²) in [6, 6.07) is 3.37. The first-order chi connectivity index (χ1) is 12.1. The summed E-state index contributed by atoms with van der Waals surface area (Å²) in [5, 5.41) is 4.95. The zero-order valence-electron chi connectivity index (χ0n) is 14.8. The summed E-state index contributed by atoms with van der Waals surface area (Å²) in [7, 11) is 0. The molecule has 138 valence electrons. The lowest BCUT2D eigenvalue weighted by molar-refractivity contribution is -0.125. The number of nitrogens with one attached hydrogen (secondary N) is 1. The highest BCUT2D eigenvalue weighted by Gasteiger charge is 2.34. The van der Waals surface area contributed by atoms with Crippen LogP contribution in [0.1, 0.15) is 29.4 Å². The Labute approximate surface area is 153 Å². The van der Waals surface area contributed by atoms with Gasteiger partial charge in [-0.25, -0.2) is 0 Å². The smallest absolute Gasteiger partial charge is 0.264 e. The predicted molar refractivity (Wildman–Crippen MR) is 97.8 cm³/mol. The quantitative estimate of drug-likeness (QED) is 0.829. The number of carbonyl (C=O) groups is 2. The molecule has 0 aromatic carbocycles. The van der Waals surface area contributed by atoms with Crippen LogP contribution >= 0.6 is 11.3 Å². The molecule has 0 spiro atoms. The number of likely N-dealkylation sites (tertiary alicyclic amines) is 1. The first-order valence-corrected chi connectivity index (χ1v) is 9.95. The maximum absolute atomic E-state index is 12.6. The molecule has 2 amide bonds. The van der Waals surface area contributed by atoms with Crippen molar-refractivity contribution in [3.05, 3.63) is 22.4 Å². The molecular formula is C18H27N3O3S. The van der Waals surface area contributed by atoms with Gasteiger partial charge in [-0.15, -0.1) is 11.3 Å². The van der Waals surface area contributed by atoms with Crippen LogP contribution in [-0.4, -0.2) is 73.6 Å². The Balaban J connectivity index is 1.47. The van der Waals surface area contributed by atoms with Crippen molar-refractivity contribution in [1.82, 2.24) is 15.1 Å². The average Bonchev–Trinajstić information content (AvgIpc) is 3.31. The molecule has 2 aliphatic rings. The second-order valence-corrected chi connectivity index (χ2v) is 7.84. The topological polar surface area (TPSA) is 61.9 Å². The molecule has 0 aliphatic carbocycles. The monoisotopic (exact) mass is 365 g/mol. The summed E-state index contributed by atoms with van der Waals surface area (Å²) in [6.45, 7) is 7.94. The Bertz CT molecular complexity index is 572. The van der Waals surface area contributed by atoms with E-state index in [1.165, 1.54) is 11.3 Å². The van der Waals surface area contributed by atoms with Crippen LogP contribution in [0.25, 0.3) is 0 Å². The standard InChI is InChI=1S/C18H27N3O3S/c1-14(13-20-7-9-24-10-8-20)12-19-17(22)15-4-2-6-21(15)18(23)16-5-3-11-25-16/h3,5,11,14-15H,2,4,6-10,12-13H2,1H3,(H,19,22)/t14?,15-/m0/s1. The molecule has 1 N–H and O–H groups in total. The fourth-order valence-corrected chi connectivity index (χ4v) is 4.18. The molecule has 2 atom stereocenters.